The zero-order valence-electron chi connectivity index (χ0n) is 10.8. The summed E-state index contributed by atoms with van der Waals surface area (Å²) in [7, 11) is -5.43. The molecule has 0 amide bonds. The van der Waals surface area contributed by atoms with Crippen molar-refractivity contribution in [1.29, 1.82) is 0 Å². The van der Waals surface area contributed by atoms with E-state index in [1.807, 2.05) is 0 Å². The Hall–Kier alpha value is -1.32. The molecule has 0 fully saturated rings. The summed E-state index contributed by atoms with van der Waals surface area (Å²) in [6, 6.07) is 1.83. The first kappa shape index (κ1) is 16.7. The van der Waals surface area contributed by atoms with Crippen LogP contribution in [0.3, 0.4) is 0 Å². The Morgan fingerprint density at radius 2 is 2.10 bits per heavy atom. The second kappa shape index (κ2) is 6.42. The molecule has 1 aromatic rings. The molecule has 6 nitrogen and oxygen atoms in total. The third-order valence-electron chi connectivity index (χ3n) is 2.31. The molecule has 9 heteroatoms. The molecule has 1 rings (SSSR count). The van der Waals surface area contributed by atoms with Gasteiger partial charge in [0.2, 0.25) is 10.0 Å². The molecule has 2 N–H and O–H groups in total. The molecule has 0 aliphatic rings. The molecule has 2 unspecified atom stereocenters. The lowest BCUT2D eigenvalue weighted by Gasteiger charge is -2.13. The molecule has 0 heterocycles. The number of halogens is 1. The maximum atomic E-state index is 13.6. The van der Waals surface area contributed by atoms with Crippen LogP contribution in [0.15, 0.2) is 23.1 Å². The SMILES string of the molecule is CC(CS(C)=O)NS(=O)(=O)c1cc(C(=O)O)ccc1F. The van der Waals surface area contributed by atoms with Gasteiger partial charge < -0.3 is 5.11 Å². The topological polar surface area (TPSA) is 101 Å². The monoisotopic (exact) mass is 323 g/mol. The maximum Gasteiger partial charge on any atom is 0.335 e. The number of rotatable bonds is 6. The zero-order valence-corrected chi connectivity index (χ0v) is 12.4. The fourth-order valence-electron chi connectivity index (χ4n) is 1.56. The van der Waals surface area contributed by atoms with Gasteiger partial charge in [-0.2, -0.15) is 0 Å². The van der Waals surface area contributed by atoms with Gasteiger partial charge in [-0.25, -0.2) is 22.3 Å². The van der Waals surface area contributed by atoms with Gasteiger partial charge >= 0.3 is 5.97 Å². The molecule has 112 valence electrons. The third-order valence-corrected chi connectivity index (χ3v) is 4.88. The lowest BCUT2D eigenvalue weighted by Crippen LogP contribution is -2.36. The molecule has 0 spiro atoms. The first-order valence-corrected chi connectivity index (χ1v) is 8.69. The van der Waals surface area contributed by atoms with Crippen LogP contribution in [0.4, 0.5) is 4.39 Å². The molecular weight excluding hydrogens is 309 g/mol. The summed E-state index contributed by atoms with van der Waals surface area (Å²) >= 11 is 0. The number of carbonyl (C=O) groups is 1. The van der Waals surface area contributed by atoms with Gasteiger partial charge in [-0.1, -0.05) is 0 Å². The van der Waals surface area contributed by atoms with E-state index < -0.39 is 43.5 Å². The fourth-order valence-corrected chi connectivity index (χ4v) is 3.80. The third kappa shape index (κ3) is 4.36. The first-order chi connectivity index (χ1) is 9.13. The number of nitrogens with one attached hydrogen (secondary N) is 1. The second-order valence-electron chi connectivity index (χ2n) is 4.21. The Bertz CT molecular complexity index is 644. The van der Waals surface area contributed by atoms with Crippen LogP contribution in [-0.4, -0.2) is 41.8 Å². The Kier molecular flexibility index (Phi) is 5.37. The molecule has 1 aromatic carbocycles. The van der Waals surface area contributed by atoms with Crippen molar-refractivity contribution >= 4 is 26.8 Å². The summed E-state index contributed by atoms with van der Waals surface area (Å²) in [5.74, 6) is -2.34. The van der Waals surface area contributed by atoms with E-state index in [0.717, 1.165) is 18.2 Å². The first-order valence-electron chi connectivity index (χ1n) is 5.48. The Balaban J connectivity index is 3.12. The van der Waals surface area contributed by atoms with Gasteiger partial charge in [0.15, 0.2) is 0 Å². The number of carboxylic acids is 1. The molecule has 2 atom stereocenters. The van der Waals surface area contributed by atoms with E-state index in [2.05, 4.69) is 4.72 Å². The minimum Gasteiger partial charge on any atom is -0.478 e. The minimum atomic E-state index is -4.21. The molecule has 0 saturated heterocycles. The van der Waals surface area contributed by atoms with Gasteiger partial charge in [-0.3, -0.25) is 4.21 Å². The van der Waals surface area contributed by atoms with Crippen LogP contribution < -0.4 is 4.72 Å². The van der Waals surface area contributed by atoms with Crippen molar-refractivity contribution in [3.8, 4) is 0 Å². The van der Waals surface area contributed by atoms with E-state index in [0.29, 0.717) is 0 Å². The van der Waals surface area contributed by atoms with Crippen molar-refractivity contribution in [2.24, 2.45) is 0 Å². The second-order valence-corrected chi connectivity index (χ2v) is 7.37. The standard InChI is InChI=1S/C11H14FNO5S2/c1-7(6-19(2)16)13-20(17,18)10-5-8(11(14)15)3-4-9(10)12/h3-5,7,13H,6H2,1-2H3,(H,14,15). The highest BCUT2D eigenvalue weighted by Crippen LogP contribution is 2.17. The molecule has 0 radical (unpaired) electrons. The Labute approximate surface area is 118 Å². The number of aromatic carboxylic acids is 1. The van der Waals surface area contributed by atoms with Gasteiger partial charge in [0.1, 0.15) is 10.7 Å². The van der Waals surface area contributed by atoms with Crippen LogP contribution in [0.25, 0.3) is 0 Å². The maximum absolute atomic E-state index is 13.6. The highest BCUT2D eigenvalue weighted by atomic mass is 32.2. The van der Waals surface area contributed by atoms with Gasteiger partial charge in [0.05, 0.1) is 5.56 Å². The van der Waals surface area contributed by atoms with Crippen LogP contribution >= 0.6 is 0 Å². The lowest BCUT2D eigenvalue weighted by molar-refractivity contribution is 0.0696. The van der Waals surface area contributed by atoms with E-state index >= 15 is 0 Å². The molecule has 0 aliphatic carbocycles. The quantitative estimate of drug-likeness (QED) is 0.797. The van der Waals surface area contributed by atoms with E-state index in [-0.39, 0.29) is 11.3 Å². The smallest absolute Gasteiger partial charge is 0.335 e. The summed E-state index contributed by atoms with van der Waals surface area (Å²) in [5.41, 5.74) is -0.335. The molecule has 0 saturated carbocycles. The Morgan fingerprint density at radius 3 is 2.60 bits per heavy atom. The van der Waals surface area contributed by atoms with Crippen molar-refractivity contribution in [3.05, 3.63) is 29.6 Å². The number of carboxylic acid groups (broad SMARTS) is 1. The summed E-state index contributed by atoms with van der Waals surface area (Å²) in [4.78, 5) is 10.0. The van der Waals surface area contributed by atoms with E-state index in [4.69, 9.17) is 5.11 Å². The van der Waals surface area contributed by atoms with Gasteiger partial charge in [-0.15, -0.1) is 0 Å². The van der Waals surface area contributed by atoms with E-state index in [1.54, 1.807) is 0 Å². The van der Waals surface area contributed by atoms with E-state index in [9.17, 15) is 21.8 Å². The van der Waals surface area contributed by atoms with Crippen molar-refractivity contribution < 1.29 is 26.9 Å². The van der Waals surface area contributed by atoms with Crippen LogP contribution in [0.5, 0.6) is 0 Å². The lowest BCUT2D eigenvalue weighted by atomic mass is 10.2. The molecule has 0 aromatic heterocycles. The van der Waals surface area contributed by atoms with Crippen molar-refractivity contribution in [3.63, 3.8) is 0 Å². The molecule has 20 heavy (non-hydrogen) atoms. The average Bonchev–Trinajstić information content (AvgIpc) is 2.26. The zero-order chi connectivity index (χ0) is 15.5. The van der Waals surface area contributed by atoms with Crippen molar-refractivity contribution in [2.45, 2.75) is 17.9 Å². The summed E-state index contributed by atoms with van der Waals surface area (Å²) in [5, 5.41) is 8.79. The highest BCUT2D eigenvalue weighted by Gasteiger charge is 2.23. The fraction of sp³-hybridized carbons (Fsp3) is 0.364. The van der Waals surface area contributed by atoms with Crippen molar-refractivity contribution in [1.82, 2.24) is 4.72 Å². The summed E-state index contributed by atoms with van der Waals surface area (Å²) in [6.45, 7) is 1.48. The number of hydrogen-bond acceptors (Lipinski definition) is 4. The largest absolute Gasteiger partial charge is 0.478 e. The number of hydrogen-bond donors (Lipinski definition) is 2. The van der Waals surface area contributed by atoms with Crippen LogP contribution in [-0.2, 0) is 20.8 Å². The average molecular weight is 323 g/mol. The molecule has 0 bridgehead atoms. The molecular formula is C11H14FNO5S2. The van der Waals surface area contributed by atoms with Gasteiger partial charge in [0, 0.05) is 28.9 Å². The Morgan fingerprint density at radius 1 is 1.50 bits per heavy atom. The predicted octanol–water partition coefficient (Wildman–Crippen LogP) is 0.569. The normalized spacial score (nSPS) is 14.8. The van der Waals surface area contributed by atoms with Crippen LogP contribution in [0.1, 0.15) is 17.3 Å². The summed E-state index contributed by atoms with van der Waals surface area (Å²) in [6.07, 6.45) is 1.41. The van der Waals surface area contributed by atoms with Gasteiger partial charge in [0.25, 0.3) is 0 Å². The minimum absolute atomic E-state index is 0.0689. The van der Waals surface area contributed by atoms with Crippen molar-refractivity contribution in [2.75, 3.05) is 12.0 Å². The summed E-state index contributed by atoms with van der Waals surface area (Å²) < 4.78 is 50.7. The molecule has 0 aliphatic heterocycles. The predicted molar refractivity (Wildman–Crippen MR) is 72.1 cm³/mol. The highest BCUT2D eigenvalue weighted by molar-refractivity contribution is 7.89. The van der Waals surface area contributed by atoms with E-state index in [1.165, 1.54) is 13.2 Å². The van der Waals surface area contributed by atoms with Gasteiger partial charge in [-0.05, 0) is 25.1 Å². The number of benzene rings is 1. The van der Waals surface area contributed by atoms with Crippen LogP contribution in [0.2, 0.25) is 0 Å². The number of sulfonamides is 1. The van der Waals surface area contributed by atoms with Crippen LogP contribution in [0, 0.1) is 5.82 Å².